The van der Waals surface area contributed by atoms with Gasteiger partial charge in [-0.3, -0.25) is 9.69 Å². The van der Waals surface area contributed by atoms with E-state index in [1.54, 1.807) is 18.4 Å². The number of methoxy groups -OCH3 is 1. The molecule has 0 radical (unpaired) electrons. The number of halogens is 1. The molecule has 3 aromatic rings. The van der Waals surface area contributed by atoms with E-state index in [1.807, 2.05) is 23.1 Å². The predicted octanol–water partition coefficient (Wildman–Crippen LogP) is 5.18. The van der Waals surface area contributed by atoms with E-state index in [0.717, 1.165) is 39.6 Å². The van der Waals surface area contributed by atoms with Crippen LogP contribution in [-0.2, 0) is 11.2 Å². The number of amides is 1. The summed E-state index contributed by atoms with van der Waals surface area (Å²) in [7, 11) is 5.76. The number of nitrogens with zero attached hydrogens (tertiary/aromatic N) is 3. The fourth-order valence-electron chi connectivity index (χ4n) is 3.74. The maximum absolute atomic E-state index is 13.4. The molecule has 1 amide bonds. The van der Waals surface area contributed by atoms with Crippen LogP contribution in [0.5, 0.6) is 5.75 Å². The van der Waals surface area contributed by atoms with Crippen LogP contribution in [0.3, 0.4) is 0 Å². The zero-order chi connectivity index (χ0) is 21.8. The zero-order valence-corrected chi connectivity index (χ0v) is 20.8. The Morgan fingerprint density at radius 3 is 2.35 bits per heavy atom. The lowest BCUT2D eigenvalue weighted by Gasteiger charge is -2.22. The van der Waals surface area contributed by atoms with Gasteiger partial charge in [-0.1, -0.05) is 29.0 Å². The average molecular weight is 462 g/mol. The number of carbonyl (C=O) groups is 1. The van der Waals surface area contributed by atoms with E-state index >= 15 is 0 Å². The number of rotatable bonds is 8. The summed E-state index contributed by atoms with van der Waals surface area (Å²) in [5.41, 5.74) is 5.57. The fraction of sp³-hybridized carbons (Fsp3) is 0.417. The van der Waals surface area contributed by atoms with Gasteiger partial charge in [0.1, 0.15) is 5.75 Å². The normalized spacial score (nSPS) is 10.9. The maximum Gasteiger partial charge on any atom is 0.233 e. The molecule has 0 aliphatic carbocycles. The number of fused-ring (bicyclic) bond motifs is 1. The first kappa shape index (κ1) is 25.1. The van der Waals surface area contributed by atoms with Crippen molar-refractivity contribution in [2.75, 3.05) is 39.2 Å². The Morgan fingerprint density at radius 2 is 1.74 bits per heavy atom. The highest BCUT2D eigenvalue weighted by molar-refractivity contribution is 7.22. The number of anilines is 1. The van der Waals surface area contributed by atoms with Gasteiger partial charge in [0.15, 0.2) is 5.13 Å². The molecule has 0 saturated heterocycles. The van der Waals surface area contributed by atoms with Crippen LogP contribution in [0.2, 0.25) is 0 Å². The van der Waals surface area contributed by atoms with Crippen LogP contribution in [-0.4, -0.2) is 50.1 Å². The first-order chi connectivity index (χ1) is 14.3. The summed E-state index contributed by atoms with van der Waals surface area (Å²) in [6, 6.07) is 10.1. The smallest absolute Gasteiger partial charge is 0.233 e. The van der Waals surface area contributed by atoms with E-state index < -0.39 is 0 Å². The Bertz CT molecular complexity index is 1030. The van der Waals surface area contributed by atoms with E-state index in [-0.39, 0.29) is 18.3 Å². The number of benzene rings is 2. The van der Waals surface area contributed by atoms with E-state index in [0.29, 0.717) is 13.0 Å². The second-order valence-corrected chi connectivity index (χ2v) is 9.10. The summed E-state index contributed by atoms with van der Waals surface area (Å²) in [5, 5.41) is 0.754. The molecule has 5 nitrogen and oxygen atoms in total. The van der Waals surface area contributed by atoms with Crippen LogP contribution in [0.4, 0.5) is 5.13 Å². The monoisotopic (exact) mass is 461 g/mol. The Labute approximate surface area is 195 Å². The Morgan fingerprint density at radius 1 is 1.06 bits per heavy atom. The second kappa shape index (κ2) is 10.9. The van der Waals surface area contributed by atoms with Crippen molar-refractivity contribution < 1.29 is 9.53 Å². The van der Waals surface area contributed by atoms with E-state index in [4.69, 9.17) is 9.72 Å². The number of thiazole rings is 1. The van der Waals surface area contributed by atoms with Crippen molar-refractivity contribution in [1.82, 2.24) is 9.88 Å². The standard InChI is InChI=1S/C24H31N3O2S.ClH/c1-16-12-17(2)20(18(3)13-16)15-23(28)27(11-7-10-26(4)5)24-25-21-9-8-19(29-6)14-22(21)30-24;/h8-9,12-14H,7,10-11,15H2,1-6H3;1H. The lowest BCUT2D eigenvalue weighted by molar-refractivity contribution is -0.118. The fourth-order valence-corrected chi connectivity index (χ4v) is 4.78. The van der Waals surface area contributed by atoms with Crippen molar-refractivity contribution in [1.29, 1.82) is 0 Å². The average Bonchev–Trinajstić information content (AvgIpc) is 3.10. The Balaban J connectivity index is 0.00000341. The van der Waals surface area contributed by atoms with Gasteiger partial charge in [-0.25, -0.2) is 4.98 Å². The van der Waals surface area contributed by atoms with Crippen LogP contribution < -0.4 is 9.64 Å². The number of carbonyl (C=O) groups excluding carboxylic acids is 1. The summed E-state index contributed by atoms with van der Waals surface area (Å²) in [4.78, 5) is 22.2. The minimum atomic E-state index is 0. The van der Waals surface area contributed by atoms with E-state index in [2.05, 4.69) is 51.9 Å². The molecule has 0 bridgehead atoms. The molecule has 0 saturated carbocycles. The largest absolute Gasteiger partial charge is 0.497 e. The van der Waals surface area contributed by atoms with Crippen LogP contribution >= 0.6 is 23.7 Å². The number of ether oxygens (including phenoxy) is 1. The molecule has 0 aliphatic rings. The SMILES string of the molecule is COc1ccc2nc(N(CCCN(C)C)C(=O)Cc3c(C)cc(C)cc3C)sc2c1.Cl. The van der Waals surface area contributed by atoms with Gasteiger partial charge in [0.25, 0.3) is 0 Å². The third kappa shape index (κ3) is 6.19. The van der Waals surface area contributed by atoms with Crippen molar-refractivity contribution in [2.45, 2.75) is 33.6 Å². The van der Waals surface area contributed by atoms with Crippen LogP contribution in [0.15, 0.2) is 30.3 Å². The van der Waals surface area contributed by atoms with Gasteiger partial charge in [0.05, 0.1) is 23.7 Å². The van der Waals surface area contributed by atoms with Crippen LogP contribution in [0, 0.1) is 20.8 Å². The minimum absolute atomic E-state index is 0. The van der Waals surface area contributed by atoms with Gasteiger partial charge in [0, 0.05) is 6.54 Å². The molecule has 0 N–H and O–H groups in total. The first-order valence-corrected chi connectivity index (χ1v) is 11.1. The minimum Gasteiger partial charge on any atom is -0.497 e. The first-order valence-electron chi connectivity index (χ1n) is 10.2. The topological polar surface area (TPSA) is 45.7 Å². The number of hydrogen-bond acceptors (Lipinski definition) is 5. The van der Waals surface area contributed by atoms with Crippen molar-refractivity contribution in [3.8, 4) is 5.75 Å². The third-order valence-electron chi connectivity index (χ3n) is 5.27. The molecule has 0 fully saturated rings. The number of hydrogen-bond donors (Lipinski definition) is 0. The predicted molar refractivity (Wildman–Crippen MR) is 133 cm³/mol. The molecule has 31 heavy (non-hydrogen) atoms. The molecule has 3 rings (SSSR count). The van der Waals surface area contributed by atoms with E-state index in [9.17, 15) is 4.79 Å². The van der Waals surface area contributed by atoms with Gasteiger partial charge in [-0.05, 0) is 82.7 Å². The lowest BCUT2D eigenvalue weighted by atomic mass is 9.97. The molecule has 0 atom stereocenters. The Kier molecular flexibility index (Phi) is 8.86. The summed E-state index contributed by atoms with van der Waals surface area (Å²) < 4.78 is 6.36. The van der Waals surface area contributed by atoms with Gasteiger partial charge >= 0.3 is 0 Å². The molecule has 2 aromatic carbocycles. The van der Waals surface area contributed by atoms with Crippen molar-refractivity contribution in [2.24, 2.45) is 0 Å². The Hall–Kier alpha value is -2.15. The second-order valence-electron chi connectivity index (χ2n) is 8.09. The van der Waals surface area contributed by atoms with Crippen molar-refractivity contribution >= 4 is 45.0 Å². The summed E-state index contributed by atoms with van der Waals surface area (Å²) >= 11 is 1.54. The van der Waals surface area contributed by atoms with E-state index in [1.165, 1.54) is 16.7 Å². The van der Waals surface area contributed by atoms with Gasteiger partial charge in [-0.2, -0.15) is 0 Å². The summed E-state index contributed by atoms with van der Waals surface area (Å²) in [6.45, 7) is 7.84. The quantitative estimate of drug-likeness (QED) is 0.463. The lowest BCUT2D eigenvalue weighted by Crippen LogP contribution is -2.34. The molecular formula is C24H32ClN3O2S. The highest BCUT2D eigenvalue weighted by Gasteiger charge is 2.21. The van der Waals surface area contributed by atoms with Gasteiger partial charge < -0.3 is 9.64 Å². The van der Waals surface area contributed by atoms with Crippen LogP contribution in [0.25, 0.3) is 10.2 Å². The number of aromatic nitrogens is 1. The summed E-state index contributed by atoms with van der Waals surface area (Å²) in [6.07, 6.45) is 1.28. The van der Waals surface area contributed by atoms with Crippen molar-refractivity contribution in [3.05, 3.63) is 52.6 Å². The summed E-state index contributed by atoms with van der Waals surface area (Å²) in [5.74, 6) is 0.893. The molecule has 1 heterocycles. The molecule has 0 spiro atoms. The molecule has 0 unspecified atom stereocenters. The highest BCUT2D eigenvalue weighted by Crippen LogP contribution is 2.32. The highest BCUT2D eigenvalue weighted by atomic mass is 35.5. The molecule has 1 aromatic heterocycles. The third-order valence-corrected chi connectivity index (χ3v) is 6.31. The van der Waals surface area contributed by atoms with Gasteiger partial charge in [0.2, 0.25) is 5.91 Å². The zero-order valence-electron chi connectivity index (χ0n) is 19.2. The van der Waals surface area contributed by atoms with Crippen LogP contribution in [0.1, 0.15) is 28.7 Å². The molecule has 7 heteroatoms. The molecular weight excluding hydrogens is 430 g/mol. The van der Waals surface area contributed by atoms with Crippen molar-refractivity contribution in [3.63, 3.8) is 0 Å². The molecule has 0 aliphatic heterocycles. The van der Waals surface area contributed by atoms with Gasteiger partial charge in [-0.15, -0.1) is 12.4 Å². The maximum atomic E-state index is 13.4. The molecule has 168 valence electrons. The number of aryl methyl sites for hydroxylation is 3.